The molecule has 1 amide bonds. The van der Waals surface area contributed by atoms with Crippen LogP contribution in [0, 0.1) is 0 Å². The van der Waals surface area contributed by atoms with Crippen molar-refractivity contribution in [2.75, 3.05) is 6.54 Å². The highest BCUT2D eigenvalue weighted by molar-refractivity contribution is 5.94. The molecule has 110 valence electrons. The highest BCUT2D eigenvalue weighted by Gasteiger charge is 2.06. The van der Waals surface area contributed by atoms with Gasteiger partial charge in [-0.05, 0) is 30.2 Å². The van der Waals surface area contributed by atoms with Crippen molar-refractivity contribution < 1.29 is 9.59 Å². The average Bonchev–Trinajstić information content (AvgIpc) is 2.98. The summed E-state index contributed by atoms with van der Waals surface area (Å²) in [5, 5.41) is 4.09. The maximum absolute atomic E-state index is 12.0. The molecule has 0 aliphatic carbocycles. The average molecular weight is 292 g/mol. The number of aldehydes is 1. The maximum Gasteiger partial charge on any atom is 0.251 e. The number of fused-ring (bicyclic) bond motifs is 1. The lowest BCUT2D eigenvalue weighted by molar-refractivity contribution is 0.0953. The van der Waals surface area contributed by atoms with Crippen LogP contribution >= 0.6 is 0 Å². The van der Waals surface area contributed by atoms with Gasteiger partial charge in [0.25, 0.3) is 5.91 Å². The fourth-order valence-electron chi connectivity index (χ4n) is 2.46. The summed E-state index contributed by atoms with van der Waals surface area (Å²) < 4.78 is 0. The lowest BCUT2D eigenvalue weighted by Crippen LogP contribution is -2.25. The molecule has 3 aromatic rings. The summed E-state index contributed by atoms with van der Waals surface area (Å²) in [6.45, 7) is 0.566. The smallest absolute Gasteiger partial charge is 0.251 e. The summed E-state index contributed by atoms with van der Waals surface area (Å²) in [6, 6.07) is 14.7. The van der Waals surface area contributed by atoms with Crippen molar-refractivity contribution >= 4 is 23.1 Å². The van der Waals surface area contributed by atoms with Gasteiger partial charge in [0.2, 0.25) is 0 Å². The van der Waals surface area contributed by atoms with E-state index in [0.717, 1.165) is 18.2 Å². The summed E-state index contributed by atoms with van der Waals surface area (Å²) in [5.41, 5.74) is 3.42. The van der Waals surface area contributed by atoms with E-state index in [2.05, 4.69) is 16.4 Å². The molecule has 1 aromatic heterocycles. The van der Waals surface area contributed by atoms with E-state index < -0.39 is 0 Å². The van der Waals surface area contributed by atoms with Gasteiger partial charge in [-0.2, -0.15) is 0 Å². The molecule has 0 saturated heterocycles. The summed E-state index contributed by atoms with van der Waals surface area (Å²) in [4.78, 5) is 25.8. The van der Waals surface area contributed by atoms with Crippen LogP contribution in [0.5, 0.6) is 0 Å². The minimum Gasteiger partial charge on any atom is -0.361 e. The van der Waals surface area contributed by atoms with Gasteiger partial charge in [0.05, 0.1) is 0 Å². The van der Waals surface area contributed by atoms with Gasteiger partial charge < -0.3 is 10.3 Å². The van der Waals surface area contributed by atoms with Crippen molar-refractivity contribution in [3.63, 3.8) is 0 Å². The Bertz CT molecular complexity index is 803. The number of para-hydroxylation sites is 1. The number of aromatic amines is 1. The molecule has 0 unspecified atom stereocenters. The monoisotopic (exact) mass is 292 g/mol. The molecule has 4 heteroatoms. The molecule has 0 bridgehead atoms. The Morgan fingerprint density at radius 1 is 1.09 bits per heavy atom. The van der Waals surface area contributed by atoms with E-state index in [0.29, 0.717) is 17.7 Å². The maximum atomic E-state index is 12.0. The number of carbonyl (C=O) groups excluding carboxylic acids is 2. The van der Waals surface area contributed by atoms with E-state index >= 15 is 0 Å². The van der Waals surface area contributed by atoms with Gasteiger partial charge in [-0.1, -0.05) is 30.3 Å². The lowest BCUT2D eigenvalue weighted by atomic mass is 10.1. The molecule has 0 aliphatic heterocycles. The van der Waals surface area contributed by atoms with E-state index in [-0.39, 0.29) is 5.91 Å². The van der Waals surface area contributed by atoms with Crippen LogP contribution in [0.4, 0.5) is 0 Å². The van der Waals surface area contributed by atoms with E-state index in [1.807, 2.05) is 24.4 Å². The highest BCUT2D eigenvalue weighted by atomic mass is 16.1. The highest BCUT2D eigenvalue weighted by Crippen LogP contribution is 2.17. The van der Waals surface area contributed by atoms with Crippen LogP contribution in [-0.4, -0.2) is 23.7 Å². The van der Waals surface area contributed by atoms with Gasteiger partial charge in [0, 0.05) is 34.8 Å². The van der Waals surface area contributed by atoms with E-state index in [1.54, 1.807) is 24.3 Å². The Morgan fingerprint density at radius 2 is 1.86 bits per heavy atom. The molecule has 3 rings (SSSR count). The first-order valence-corrected chi connectivity index (χ1v) is 7.16. The third kappa shape index (κ3) is 2.91. The second-order valence-corrected chi connectivity index (χ2v) is 5.11. The number of carbonyl (C=O) groups is 2. The first-order valence-electron chi connectivity index (χ1n) is 7.16. The number of nitrogens with one attached hydrogen (secondary N) is 2. The Morgan fingerprint density at radius 3 is 2.64 bits per heavy atom. The molecular formula is C18H16N2O2. The van der Waals surface area contributed by atoms with Crippen LogP contribution in [0.3, 0.4) is 0 Å². The number of amides is 1. The molecule has 0 aliphatic rings. The Labute approximate surface area is 128 Å². The van der Waals surface area contributed by atoms with Crippen molar-refractivity contribution in [3.8, 4) is 0 Å². The van der Waals surface area contributed by atoms with Gasteiger partial charge in [0.1, 0.15) is 6.29 Å². The quantitative estimate of drug-likeness (QED) is 0.710. The predicted molar refractivity (Wildman–Crippen MR) is 86.2 cm³/mol. The number of rotatable bonds is 5. The fourth-order valence-corrected chi connectivity index (χ4v) is 2.46. The van der Waals surface area contributed by atoms with Crippen molar-refractivity contribution in [1.29, 1.82) is 0 Å². The molecule has 0 saturated carbocycles. The normalized spacial score (nSPS) is 10.5. The SMILES string of the molecule is O=Cc1ccc(C(=O)NCCc2c[nH]c3ccccc23)cc1. The topological polar surface area (TPSA) is 62.0 Å². The summed E-state index contributed by atoms with van der Waals surface area (Å²) >= 11 is 0. The third-order valence-corrected chi connectivity index (χ3v) is 3.66. The van der Waals surface area contributed by atoms with Gasteiger partial charge >= 0.3 is 0 Å². The van der Waals surface area contributed by atoms with Crippen LogP contribution in [-0.2, 0) is 6.42 Å². The van der Waals surface area contributed by atoms with Crippen molar-refractivity contribution in [3.05, 3.63) is 71.4 Å². The molecule has 0 atom stereocenters. The molecule has 1 heterocycles. The summed E-state index contributed by atoms with van der Waals surface area (Å²) in [6.07, 6.45) is 3.51. The molecule has 22 heavy (non-hydrogen) atoms. The van der Waals surface area contributed by atoms with Gasteiger partial charge in [0.15, 0.2) is 0 Å². The van der Waals surface area contributed by atoms with Gasteiger partial charge in [-0.25, -0.2) is 0 Å². The zero-order valence-corrected chi connectivity index (χ0v) is 12.0. The van der Waals surface area contributed by atoms with Crippen LogP contribution in [0.25, 0.3) is 10.9 Å². The zero-order valence-electron chi connectivity index (χ0n) is 12.0. The molecule has 0 fully saturated rings. The number of H-pyrrole nitrogens is 1. The zero-order chi connectivity index (χ0) is 15.4. The Balaban J connectivity index is 1.60. The van der Waals surface area contributed by atoms with E-state index in [4.69, 9.17) is 0 Å². The van der Waals surface area contributed by atoms with E-state index in [1.165, 1.54) is 10.9 Å². The molecule has 2 N–H and O–H groups in total. The standard InChI is InChI=1S/C18H16N2O2/c21-12-13-5-7-14(8-6-13)18(22)19-10-9-15-11-20-17-4-2-1-3-16(15)17/h1-8,11-12,20H,9-10H2,(H,19,22). The predicted octanol–water partition coefficient (Wildman–Crippen LogP) is 2.95. The fraction of sp³-hybridized carbons (Fsp3) is 0.111. The first-order chi connectivity index (χ1) is 10.8. The largest absolute Gasteiger partial charge is 0.361 e. The Hall–Kier alpha value is -2.88. The van der Waals surface area contributed by atoms with Crippen molar-refractivity contribution in [2.24, 2.45) is 0 Å². The van der Waals surface area contributed by atoms with Crippen LogP contribution in [0.2, 0.25) is 0 Å². The molecule has 0 spiro atoms. The van der Waals surface area contributed by atoms with Crippen molar-refractivity contribution in [1.82, 2.24) is 10.3 Å². The Kier molecular flexibility index (Phi) is 4.01. The minimum absolute atomic E-state index is 0.128. The minimum atomic E-state index is -0.128. The second-order valence-electron chi connectivity index (χ2n) is 5.11. The van der Waals surface area contributed by atoms with Crippen LogP contribution in [0.1, 0.15) is 26.3 Å². The number of benzene rings is 2. The number of aromatic nitrogens is 1. The van der Waals surface area contributed by atoms with Gasteiger partial charge in [-0.15, -0.1) is 0 Å². The van der Waals surface area contributed by atoms with E-state index in [9.17, 15) is 9.59 Å². The molecule has 2 aromatic carbocycles. The summed E-state index contributed by atoms with van der Waals surface area (Å²) in [7, 11) is 0. The van der Waals surface area contributed by atoms with Gasteiger partial charge in [-0.3, -0.25) is 9.59 Å². The molecular weight excluding hydrogens is 276 g/mol. The lowest BCUT2D eigenvalue weighted by Gasteiger charge is -2.05. The molecule has 4 nitrogen and oxygen atoms in total. The molecule has 0 radical (unpaired) electrons. The number of hydrogen-bond acceptors (Lipinski definition) is 2. The number of hydrogen-bond donors (Lipinski definition) is 2. The second kappa shape index (κ2) is 6.26. The van der Waals surface area contributed by atoms with Crippen LogP contribution in [0.15, 0.2) is 54.7 Å². The van der Waals surface area contributed by atoms with Crippen molar-refractivity contribution in [2.45, 2.75) is 6.42 Å². The first kappa shape index (κ1) is 14.1. The summed E-state index contributed by atoms with van der Waals surface area (Å²) in [5.74, 6) is -0.128. The third-order valence-electron chi connectivity index (χ3n) is 3.66. The van der Waals surface area contributed by atoms with Crippen LogP contribution < -0.4 is 5.32 Å².